The summed E-state index contributed by atoms with van der Waals surface area (Å²) in [6.45, 7) is 2.23. The van der Waals surface area contributed by atoms with Crippen molar-refractivity contribution in [3.63, 3.8) is 0 Å². The van der Waals surface area contributed by atoms with Crippen molar-refractivity contribution in [2.24, 2.45) is 0 Å². The fraction of sp³-hybridized carbons (Fsp3) is 0.355. The standard InChI is InChI=1S/C31H34Cl2N2O2/c1-22-9-8-12-24(17-22)19-30(36)35(21-25-15-16-26(32)20-28(25)33)29(18-23-10-4-2-5-11-23)31(37)34-27-13-6-3-7-14-27/h2,4-5,8-12,15-17,20,27,29H,3,6-7,13-14,18-19,21H2,1H3,(H,34,37). The third-order valence-electron chi connectivity index (χ3n) is 7.02. The minimum atomic E-state index is -0.673. The van der Waals surface area contributed by atoms with E-state index >= 15 is 0 Å². The van der Waals surface area contributed by atoms with Gasteiger partial charge in [-0.15, -0.1) is 0 Å². The van der Waals surface area contributed by atoms with E-state index in [2.05, 4.69) is 5.32 Å². The lowest BCUT2D eigenvalue weighted by atomic mass is 9.94. The van der Waals surface area contributed by atoms with E-state index in [0.717, 1.165) is 47.9 Å². The highest BCUT2D eigenvalue weighted by molar-refractivity contribution is 6.35. The molecule has 1 aliphatic rings. The van der Waals surface area contributed by atoms with E-state index in [4.69, 9.17) is 23.2 Å². The molecule has 1 aliphatic carbocycles. The molecule has 0 bridgehead atoms. The van der Waals surface area contributed by atoms with Crippen molar-refractivity contribution in [1.29, 1.82) is 0 Å². The van der Waals surface area contributed by atoms with Gasteiger partial charge in [-0.3, -0.25) is 9.59 Å². The summed E-state index contributed by atoms with van der Waals surface area (Å²) < 4.78 is 0. The molecule has 3 aromatic rings. The Kier molecular flexibility index (Phi) is 9.65. The van der Waals surface area contributed by atoms with Gasteiger partial charge in [0.2, 0.25) is 11.8 Å². The summed E-state index contributed by atoms with van der Waals surface area (Å²) in [5.74, 6) is -0.227. The molecule has 1 atom stereocenters. The number of aryl methyl sites for hydroxylation is 1. The summed E-state index contributed by atoms with van der Waals surface area (Å²) in [5.41, 5.74) is 3.77. The van der Waals surface area contributed by atoms with Gasteiger partial charge in [-0.2, -0.15) is 0 Å². The van der Waals surface area contributed by atoms with Crippen LogP contribution in [-0.2, 0) is 29.0 Å². The number of carbonyl (C=O) groups excluding carboxylic acids is 2. The first-order chi connectivity index (χ1) is 17.9. The average Bonchev–Trinajstić information content (AvgIpc) is 2.88. The Hall–Kier alpha value is -2.82. The lowest BCUT2D eigenvalue weighted by Crippen LogP contribution is -2.53. The van der Waals surface area contributed by atoms with Crippen LogP contribution in [0.2, 0.25) is 10.0 Å². The van der Waals surface area contributed by atoms with Crippen molar-refractivity contribution in [3.8, 4) is 0 Å². The molecule has 0 aromatic heterocycles. The first-order valence-corrected chi connectivity index (χ1v) is 13.8. The first kappa shape index (κ1) is 27.2. The van der Waals surface area contributed by atoms with Crippen LogP contribution in [0.1, 0.15) is 54.4 Å². The second kappa shape index (κ2) is 13.1. The largest absolute Gasteiger partial charge is 0.352 e. The van der Waals surface area contributed by atoms with Crippen LogP contribution in [0.3, 0.4) is 0 Å². The molecule has 1 saturated carbocycles. The predicted molar refractivity (Wildman–Crippen MR) is 151 cm³/mol. The van der Waals surface area contributed by atoms with Crippen LogP contribution in [0.4, 0.5) is 0 Å². The van der Waals surface area contributed by atoms with Crippen molar-refractivity contribution in [2.45, 2.75) is 70.5 Å². The van der Waals surface area contributed by atoms with E-state index in [1.165, 1.54) is 6.42 Å². The van der Waals surface area contributed by atoms with Gasteiger partial charge in [0.1, 0.15) is 6.04 Å². The Morgan fingerprint density at radius 1 is 0.919 bits per heavy atom. The molecule has 0 radical (unpaired) electrons. The van der Waals surface area contributed by atoms with Gasteiger partial charge in [-0.1, -0.05) is 109 Å². The number of nitrogens with one attached hydrogen (secondary N) is 1. The Balaban J connectivity index is 1.68. The molecule has 3 aromatic carbocycles. The third kappa shape index (κ3) is 7.83. The fourth-order valence-corrected chi connectivity index (χ4v) is 5.50. The SMILES string of the molecule is Cc1cccc(CC(=O)N(Cc2ccc(Cl)cc2Cl)C(Cc2ccccc2)C(=O)NC2CCCCC2)c1. The van der Waals surface area contributed by atoms with Crippen LogP contribution in [0, 0.1) is 6.92 Å². The lowest BCUT2D eigenvalue weighted by Gasteiger charge is -2.34. The molecule has 1 unspecified atom stereocenters. The molecule has 194 valence electrons. The Bertz CT molecular complexity index is 1210. The summed E-state index contributed by atoms with van der Waals surface area (Å²) >= 11 is 12.7. The number of nitrogens with zero attached hydrogens (tertiary/aromatic N) is 1. The summed E-state index contributed by atoms with van der Waals surface area (Å²) in [4.78, 5) is 29.4. The molecule has 2 amide bonds. The van der Waals surface area contributed by atoms with E-state index in [1.807, 2.05) is 67.6 Å². The number of hydrogen-bond donors (Lipinski definition) is 1. The van der Waals surface area contributed by atoms with Crippen LogP contribution >= 0.6 is 23.2 Å². The number of carbonyl (C=O) groups is 2. The van der Waals surface area contributed by atoms with Gasteiger partial charge in [-0.25, -0.2) is 0 Å². The summed E-state index contributed by atoms with van der Waals surface area (Å²) in [7, 11) is 0. The van der Waals surface area contributed by atoms with Gasteiger partial charge in [0.15, 0.2) is 0 Å². The molecule has 4 nitrogen and oxygen atoms in total. The van der Waals surface area contributed by atoms with E-state index < -0.39 is 6.04 Å². The van der Waals surface area contributed by atoms with Crippen LogP contribution in [0.25, 0.3) is 0 Å². The molecule has 0 saturated heterocycles. The minimum absolute atomic E-state index is 0.113. The highest BCUT2D eigenvalue weighted by Crippen LogP contribution is 2.25. The van der Waals surface area contributed by atoms with Gasteiger partial charge in [0, 0.05) is 29.1 Å². The Labute approximate surface area is 230 Å². The van der Waals surface area contributed by atoms with E-state index in [-0.39, 0.29) is 30.8 Å². The summed E-state index contributed by atoms with van der Waals surface area (Å²) in [6, 6.07) is 22.5. The smallest absolute Gasteiger partial charge is 0.243 e. The van der Waals surface area contributed by atoms with Gasteiger partial charge in [0.05, 0.1) is 6.42 Å². The number of amides is 2. The number of rotatable bonds is 9. The topological polar surface area (TPSA) is 49.4 Å². The van der Waals surface area contributed by atoms with Crippen LogP contribution in [-0.4, -0.2) is 28.8 Å². The summed E-state index contributed by atoms with van der Waals surface area (Å²) in [5, 5.41) is 4.28. The molecule has 1 fully saturated rings. The zero-order chi connectivity index (χ0) is 26.2. The quantitative estimate of drug-likeness (QED) is 0.322. The Morgan fingerprint density at radius 3 is 2.35 bits per heavy atom. The molecule has 0 aliphatic heterocycles. The van der Waals surface area contributed by atoms with E-state index in [1.54, 1.807) is 17.0 Å². The molecule has 1 N–H and O–H groups in total. The number of benzene rings is 3. The maximum absolute atomic E-state index is 13.9. The third-order valence-corrected chi connectivity index (χ3v) is 7.60. The maximum Gasteiger partial charge on any atom is 0.243 e. The normalized spacial score (nSPS) is 14.7. The van der Waals surface area contributed by atoms with Gasteiger partial charge in [0.25, 0.3) is 0 Å². The predicted octanol–water partition coefficient (Wildman–Crippen LogP) is 6.93. The van der Waals surface area contributed by atoms with Crippen LogP contribution in [0.5, 0.6) is 0 Å². The van der Waals surface area contributed by atoms with E-state index in [0.29, 0.717) is 16.5 Å². The average molecular weight is 538 g/mol. The fourth-order valence-electron chi connectivity index (χ4n) is 5.03. The molecule has 37 heavy (non-hydrogen) atoms. The maximum atomic E-state index is 13.9. The Morgan fingerprint density at radius 2 is 1.65 bits per heavy atom. The molecule has 0 heterocycles. The molecule has 0 spiro atoms. The van der Waals surface area contributed by atoms with Gasteiger partial charge >= 0.3 is 0 Å². The highest BCUT2D eigenvalue weighted by atomic mass is 35.5. The van der Waals surface area contributed by atoms with Gasteiger partial charge in [-0.05, 0) is 48.6 Å². The molecule has 4 rings (SSSR count). The van der Waals surface area contributed by atoms with Gasteiger partial charge < -0.3 is 10.2 Å². The molecular weight excluding hydrogens is 503 g/mol. The number of hydrogen-bond acceptors (Lipinski definition) is 2. The van der Waals surface area contributed by atoms with Crippen molar-refractivity contribution in [1.82, 2.24) is 10.2 Å². The number of halogens is 2. The summed E-state index contributed by atoms with van der Waals surface area (Å²) in [6.07, 6.45) is 6.01. The minimum Gasteiger partial charge on any atom is -0.352 e. The lowest BCUT2D eigenvalue weighted by molar-refractivity contribution is -0.141. The monoisotopic (exact) mass is 536 g/mol. The molecule has 6 heteroatoms. The van der Waals surface area contributed by atoms with Crippen molar-refractivity contribution in [3.05, 3.63) is 105 Å². The second-order valence-corrected chi connectivity index (χ2v) is 10.8. The van der Waals surface area contributed by atoms with Crippen molar-refractivity contribution >= 4 is 35.0 Å². The zero-order valence-electron chi connectivity index (χ0n) is 21.3. The van der Waals surface area contributed by atoms with E-state index in [9.17, 15) is 9.59 Å². The van der Waals surface area contributed by atoms with Crippen molar-refractivity contribution in [2.75, 3.05) is 0 Å². The van der Waals surface area contributed by atoms with Crippen molar-refractivity contribution < 1.29 is 9.59 Å². The highest BCUT2D eigenvalue weighted by Gasteiger charge is 2.32. The first-order valence-electron chi connectivity index (χ1n) is 13.0. The zero-order valence-corrected chi connectivity index (χ0v) is 22.8. The van der Waals surface area contributed by atoms with Crippen LogP contribution < -0.4 is 5.32 Å². The molecular formula is C31H34Cl2N2O2. The van der Waals surface area contributed by atoms with Crippen LogP contribution in [0.15, 0.2) is 72.8 Å². The second-order valence-electron chi connectivity index (χ2n) is 9.97.